The minimum Gasteiger partial charge on any atom is -0.293 e. The van der Waals surface area contributed by atoms with E-state index in [1.54, 1.807) is 6.92 Å². The number of aromatic nitrogens is 3. The molecule has 1 amide bonds. The smallest absolute Gasteiger partial charge is 0.248 e. The van der Waals surface area contributed by atoms with Gasteiger partial charge in [0.25, 0.3) is 0 Å². The Balaban J connectivity index is 1.98. The number of rotatable bonds is 2. The van der Waals surface area contributed by atoms with E-state index in [1.807, 2.05) is 0 Å². The highest BCUT2D eigenvalue weighted by molar-refractivity contribution is 5.92. The van der Waals surface area contributed by atoms with E-state index in [2.05, 4.69) is 20.5 Å². The molecule has 5 heteroatoms. The summed E-state index contributed by atoms with van der Waals surface area (Å²) in [6.45, 7) is 1.79. The Hall–Kier alpha value is -1.39. The van der Waals surface area contributed by atoms with Crippen molar-refractivity contribution in [3.63, 3.8) is 0 Å². The van der Waals surface area contributed by atoms with Crippen LogP contribution in [0.15, 0.2) is 0 Å². The number of carbonyl (C=O) groups is 1. The van der Waals surface area contributed by atoms with Gasteiger partial charge in [-0.3, -0.25) is 15.2 Å². The van der Waals surface area contributed by atoms with Crippen LogP contribution in [0.25, 0.3) is 0 Å². The number of hydrogen-bond donors (Lipinski definition) is 2. The van der Waals surface area contributed by atoms with Crippen LogP contribution in [-0.2, 0) is 4.79 Å². The molecule has 64 valence electrons. The van der Waals surface area contributed by atoms with Gasteiger partial charge in [-0.25, -0.2) is 0 Å². The standard InChI is InChI=1S/C7H10N4O/c1-4-8-7(11-10-4)9-6(12)5-2-3-5/h5H,2-3H2,1H3,(H2,8,9,10,11,12). The van der Waals surface area contributed by atoms with Gasteiger partial charge in [-0.2, -0.15) is 4.98 Å². The maximum absolute atomic E-state index is 11.2. The molecule has 1 aromatic heterocycles. The molecule has 5 nitrogen and oxygen atoms in total. The summed E-state index contributed by atoms with van der Waals surface area (Å²) in [7, 11) is 0. The maximum Gasteiger partial charge on any atom is 0.248 e. The van der Waals surface area contributed by atoms with E-state index in [4.69, 9.17) is 0 Å². The minimum absolute atomic E-state index is 0.0361. The molecule has 1 fully saturated rings. The minimum atomic E-state index is 0.0361. The largest absolute Gasteiger partial charge is 0.293 e. The molecule has 12 heavy (non-hydrogen) atoms. The van der Waals surface area contributed by atoms with Gasteiger partial charge in [0.2, 0.25) is 11.9 Å². The molecule has 0 aliphatic heterocycles. The van der Waals surface area contributed by atoms with E-state index in [-0.39, 0.29) is 11.8 Å². The summed E-state index contributed by atoms with van der Waals surface area (Å²) in [6, 6.07) is 0. The van der Waals surface area contributed by atoms with Crippen molar-refractivity contribution < 1.29 is 4.79 Å². The monoisotopic (exact) mass is 166 g/mol. The second-order valence-corrected chi connectivity index (χ2v) is 3.01. The van der Waals surface area contributed by atoms with Gasteiger partial charge in [0.15, 0.2) is 0 Å². The third-order valence-corrected chi connectivity index (χ3v) is 1.78. The van der Waals surface area contributed by atoms with E-state index in [9.17, 15) is 4.79 Å². The molecule has 0 atom stereocenters. The lowest BCUT2D eigenvalue weighted by atomic mass is 10.4. The molecule has 1 saturated carbocycles. The Kier molecular flexibility index (Phi) is 1.56. The Morgan fingerprint density at radius 1 is 1.67 bits per heavy atom. The topological polar surface area (TPSA) is 70.7 Å². The lowest BCUT2D eigenvalue weighted by Crippen LogP contribution is -2.14. The molecule has 1 heterocycles. The van der Waals surface area contributed by atoms with Gasteiger partial charge in [0.05, 0.1) is 0 Å². The number of hydrogen-bond acceptors (Lipinski definition) is 3. The van der Waals surface area contributed by atoms with Crippen LogP contribution < -0.4 is 5.32 Å². The first-order valence-electron chi connectivity index (χ1n) is 3.95. The fourth-order valence-corrected chi connectivity index (χ4v) is 0.956. The molecule has 2 rings (SSSR count). The number of amides is 1. The van der Waals surface area contributed by atoms with Crippen LogP contribution in [0.3, 0.4) is 0 Å². The molecular formula is C7H10N4O. The summed E-state index contributed by atoms with van der Waals surface area (Å²) in [4.78, 5) is 15.1. The van der Waals surface area contributed by atoms with Crippen molar-refractivity contribution >= 4 is 11.9 Å². The highest BCUT2D eigenvalue weighted by atomic mass is 16.2. The summed E-state index contributed by atoms with van der Waals surface area (Å²) in [5.74, 6) is 1.32. The van der Waals surface area contributed by atoms with Crippen molar-refractivity contribution in [3.05, 3.63) is 5.82 Å². The fourth-order valence-electron chi connectivity index (χ4n) is 0.956. The van der Waals surface area contributed by atoms with Crippen LogP contribution in [0.1, 0.15) is 18.7 Å². The van der Waals surface area contributed by atoms with E-state index in [0.717, 1.165) is 12.8 Å². The molecule has 0 spiro atoms. The van der Waals surface area contributed by atoms with Crippen molar-refractivity contribution in [3.8, 4) is 0 Å². The molecule has 0 unspecified atom stereocenters. The first-order valence-corrected chi connectivity index (χ1v) is 3.95. The van der Waals surface area contributed by atoms with Crippen LogP contribution in [0.5, 0.6) is 0 Å². The average molecular weight is 166 g/mol. The highest BCUT2D eigenvalue weighted by Gasteiger charge is 2.30. The van der Waals surface area contributed by atoms with Gasteiger partial charge in [-0.05, 0) is 19.8 Å². The van der Waals surface area contributed by atoms with Gasteiger partial charge in [-0.1, -0.05) is 0 Å². The van der Waals surface area contributed by atoms with Crippen molar-refractivity contribution in [1.82, 2.24) is 15.2 Å². The second-order valence-electron chi connectivity index (χ2n) is 3.01. The molecule has 2 N–H and O–H groups in total. The quantitative estimate of drug-likeness (QED) is 0.670. The normalized spacial score (nSPS) is 16.1. The molecule has 0 bridgehead atoms. The first kappa shape index (κ1) is 7.27. The average Bonchev–Trinajstić information content (AvgIpc) is 2.78. The summed E-state index contributed by atoms with van der Waals surface area (Å²) in [6.07, 6.45) is 1.99. The number of anilines is 1. The SMILES string of the molecule is Cc1nc(NC(=O)C2CC2)n[nH]1. The van der Waals surface area contributed by atoms with Crippen LogP contribution in [0, 0.1) is 12.8 Å². The van der Waals surface area contributed by atoms with Gasteiger partial charge >= 0.3 is 0 Å². The Morgan fingerprint density at radius 3 is 2.92 bits per heavy atom. The first-order chi connectivity index (χ1) is 5.75. The van der Waals surface area contributed by atoms with Crippen LogP contribution in [0.4, 0.5) is 5.95 Å². The van der Waals surface area contributed by atoms with Crippen LogP contribution in [-0.4, -0.2) is 21.1 Å². The van der Waals surface area contributed by atoms with E-state index in [0.29, 0.717) is 11.8 Å². The third kappa shape index (κ3) is 1.44. The van der Waals surface area contributed by atoms with Crippen LogP contribution >= 0.6 is 0 Å². The number of aromatic amines is 1. The number of nitrogens with zero attached hydrogens (tertiary/aromatic N) is 2. The highest BCUT2D eigenvalue weighted by Crippen LogP contribution is 2.29. The second kappa shape index (κ2) is 2.58. The molecule has 1 aromatic rings. The van der Waals surface area contributed by atoms with Gasteiger partial charge in [0.1, 0.15) is 5.82 Å². The molecule has 0 radical (unpaired) electrons. The van der Waals surface area contributed by atoms with E-state index >= 15 is 0 Å². The summed E-state index contributed by atoms with van der Waals surface area (Å²) >= 11 is 0. The molecule has 0 aromatic carbocycles. The lowest BCUT2D eigenvalue weighted by molar-refractivity contribution is -0.117. The van der Waals surface area contributed by atoms with E-state index in [1.165, 1.54) is 0 Å². The summed E-state index contributed by atoms with van der Waals surface area (Å²) in [5, 5.41) is 9.09. The van der Waals surface area contributed by atoms with Crippen molar-refractivity contribution in [2.24, 2.45) is 5.92 Å². The zero-order chi connectivity index (χ0) is 8.55. The zero-order valence-electron chi connectivity index (χ0n) is 6.79. The van der Waals surface area contributed by atoms with Crippen molar-refractivity contribution in [1.29, 1.82) is 0 Å². The van der Waals surface area contributed by atoms with Crippen molar-refractivity contribution in [2.75, 3.05) is 5.32 Å². The number of nitrogens with one attached hydrogen (secondary N) is 2. The van der Waals surface area contributed by atoms with Gasteiger partial charge in [-0.15, -0.1) is 5.10 Å². The molecule has 0 saturated heterocycles. The summed E-state index contributed by atoms with van der Waals surface area (Å²) in [5.41, 5.74) is 0. The fraction of sp³-hybridized carbons (Fsp3) is 0.571. The van der Waals surface area contributed by atoms with Gasteiger partial charge in [0, 0.05) is 5.92 Å². The van der Waals surface area contributed by atoms with Gasteiger partial charge < -0.3 is 0 Å². The predicted octanol–water partition coefficient (Wildman–Crippen LogP) is 0.462. The molecule has 1 aliphatic rings. The molecular weight excluding hydrogens is 156 g/mol. The summed E-state index contributed by atoms with van der Waals surface area (Å²) < 4.78 is 0. The van der Waals surface area contributed by atoms with Crippen molar-refractivity contribution in [2.45, 2.75) is 19.8 Å². The zero-order valence-corrected chi connectivity index (χ0v) is 6.79. The Bertz CT molecular complexity index is 302. The Morgan fingerprint density at radius 2 is 2.42 bits per heavy atom. The Labute approximate surface area is 69.6 Å². The van der Waals surface area contributed by atoms with Crippen LogP contribution in [0.2, 0.25) is 0 Å². The lowest BCUT2D eigenvalue weighted by Gasteiger charge is -1.95. The number of H-pyrrole nitrogens is 1. The van der Waals surface area contributed by atoms with E-state index < -0.39 is 0 Å². The number of carbonyl (C=O) groups excluding carboxylic acids is 1. The molecule has 1 aliphatic carbocycles. The third-order valence-electron chi connectivity index (χ3n) is 1.78. The maximum atomic E-state index is 11.2. The number of aryl methyl sites for hydroxylation is 1. The predicted molar refractivity (Wildman–Crippen MR) is 42.5 cm³/mol.